The van der Waals surface area contributed by atoms with Gasteiger partial charge in [0.2, 0.25) is 11.1 Å². The second-order valence-corrected chi connectivity index (χ2v) is 4.89. The number of nitrogens with one attached hydrogen (secondary N) is 1. The summed E-state index contributed by atoms with van der Waals surface area (Å²) in [6, 6.07) is 0. The zero-order valence-corrected chi connectivity index (χ0v) is 15.8. The minimum Gasteiger partial charge on any atom is -0.394 e. The maximum absolute atomic E-state index is 10.9. The van der Waals surface area contributed by atoms with Gasteiger partial charge < -0.3 is 30.7 Å². The van der Waals surface area contributed by atoms with Gasteiger partial charge in [-0.2, -0.15) is 0 Å². The predicted octanol–water partition coefficient (Wildman–Crippen LogP) is -0.0305. The number of hydrogen-bond donors (Lipinski definition) is 4. The Morgan fingerprint density at radius 2 is 1.44 bits per heavy atom. The van der Waals surface area contributed by atoms with E-state index in [2.05, 4.69) is 18.5 Å². The third-order valence-electron chi connectivity index (χ3n) is 1.99. The monoisotopic (exact) mass is 382 g/mol. The van der Waals surface area contributed by atoms with Crippen LogP contribution in [0.1, 0.15) is 13.8 Å². The number of amides is 1. The minimum absolute atomic E-state index is 0.00837. The molecule has 25 heavy (non-hydrogen) atoms. The van der Waals surface area contributed by atoms with E-state index in [-0.39, 0.29) is 19.1 Å². The van der Waals surface area contributed by atoms with Gasteiger partial charge in [-0.25, -0.2) is 0 Å². The van der Waals surface area contributed by atoms with Crippen molar-refractivity contribution in [3.8, 4) is 0 Å². The lowest BCUT2D eigenvalue weighted by molar-refractivity contribution is -0.117. The van der Waals surface area contributed by atoms with Gasteiger partial charge in [-0.05, 0) is 25.4 Å². The first-order chi connectivity index (χ1) is 11.7. The molecule has 0 unspecified atom stereocenters. The molecule has 0 aromatic carbocycles. The molecule has 0 bridgehead atoms. The van der Waals surface area contributed by atoms with E-state index < -0.39 is 5.24 Å². The molecule has 0 rings (SSSR count). The van der Waals surface area contributed by atoms with Crippen molar-refractivity contribution in [1.29, 1.82) is 0 Å². The number of carbonyl (C=O) groups excluding carboxylic acids is 2. The van der Waals surface area contributed by atoms with Gasteiger partial charge in [0.1, 0.15) is 0 Å². The van der Waals surface area contributed by atoms with Crippen LogP contribution in [-0.2, 0) is 19.1 Å². The van der Waals surface area contributed by atoms with Crippen molar-refractivity contribution in [2.24, 2.45) is 5.73 Å². The van der Waals surface area contributed by atoms with Crippen LogP contribution in [0.2, 0.25) is 0 Å². The molecule has 0 radical (unpaired) electrons. The van der Waals surface area contributed by atoms with Crippen molar-refractivity contribution in [3.05, 3.63) is 24.3 Å². The number of rotatable bonds is 11. The Bertz CT molecular complexity index is 362. The Morgan fingerprint density at radius 1 is 1.00 bits per heavy atom. The molecule has 0 heterocycles. The number of allylic oxidation sites excluding steroid dienone is 1. The molecule has 0 saturated carbocycles. The fourth-order valence-electron chi connectivity index (χ4n) is 0.804. The van der Waals surface area contributed by atoms with Gasteiger partial charge in [0.25, 0.3) is 0 Å². The number of hydrogen-bond acceptors (Lipinski definition) is 7. The van der Waals surface area contributed by atoms with Crippen molar-refractivity contribution >= 4 is 22.8 Å². The zero-order valence-electron chi connectivity index (χ0n) is 15.1. The third-order valence-corrected chi connectivity index (χ3v) is 2.31. The molecule has 0 atom stereocenters. The summed E-state index contributed by atoms with van der Waals surface area (Å²) in [6.45, 7) is 12.7. The van der Waals surface area contributed by atoms with Crippen molar-refractivity contribution in [1.82, 2.24) is 5.32 Å². The first kappa shape index (κ1) is 28.5. The molecule has 0 fully saturated rings. The molecule has 1 amide bonds. The average Bonchev–Trinajstić information content (AvgIpc) is 2.56. The lowest BCUT2D eigenvalue weighted by atomic mass is 10.3. The molecule has 9 heteroatoms. The standard InChI is InChI=1S/C8H15NO3.C4H5ClO.C4H11NO2/c1-7(2)8(11)9-3-5-12-6-4-10;1-3(2)4(5)6;5-1-3-7-4-2-6/h10H,1,3-6H2,2H3,(H,9,11);1H2,2H3;6H,1-5H2. The van der Waals surface area contributed by atoms with Crippen LogP contribution in [0.15, 0.2) is 24.3 Å². The van der Waals surface area contributed by atoms with Crippen molar-refractivity contribution in [2.45, 2.75) is 13.8 Å². The molecule has 0 aromatic heterocycles. The van der Waals surface area contributed by atoms with E-state index in [1.807, 2.05) is 0 Å². The maximum atomic E-state index is 10.9. The van der Waals surface area contributed by atoms with E-state index in [0.717, 1.165) is 0 Å². The highest BCUT2D eigenvalue weighted by molar-refractivity contribution is 6.67. The highest BCUT2D eigenvalue weighted by Crippen LogP contribution is 1.91. The number of ether oxygens (including phenoxy) is 2. The fraction of sp³-hybridized carbons (Fsp3) is 0.625. The fourth-order valence-corrected chi connectivity index (χ4v) is 0.804. The first-order valence-corrected chi connectivity index (χ1v) is 7.98. The van der Waals surface area contributed by atoms with Gasteiger partial charge in [-0.3, -0.25) is 9.59 Å². The van der Waals surface area contributed by atoms with Gasteiger partial charge >= 0.3 is 0 Å². The summed E-state index contributed by atoms with van der Waals surface area (Å²) in [6.07, 6.45) is 0. The van der Waals surface area contributed by atoms with Crippen LogP contribution in [0.5, 0.6) is 0 Å². The molecule has 0 saturated heterocycles. The minimum atomic E-state index is -0.463. The predicted molar refractivity (Wildman–Crippen MR) is 98.4 cm³/mol. The van der Waals surface area contributed by atoms with Crippen LogP contribution in [-0.4, -0.2) is 74.1 Å². The van der Waals surface area contributed by atoms with Crippen LogP contribution in [0, 0.1) is 0 Å². The molecule has 8 nitrogen and oxygen atoms in total. The quantitative estimate of drug-likeness (QED) is 0.224. The lowest BCUT2D eigenvalue weighted by Gasteiger charge is -2.04. The van der Waals surface area contributed by atoms with Crippen molar-refractivity contribution < 1.29 is 29.3 Å². The van der Waals surface area contributed by atoms with Crippen LogP contribution in [0.3, 0.4) is 0 Å². The highest BCUT2D eigenvalue weighted by atomic mass is 35.5. The van der Waals surface area contributed by atoms with Crippen molar-refractivity contribution in [3.63, 3.8) is 0 Å². The van der Waals surface area contributed by atoms with Gasteiger partial charge in [0.05, 0.1) is 39.6 Å². The van der Waals surface area contributed by atoms with E-state index in [9.17, 15) is 9.59 Å². The maximum Gasteiger partial charge on any atom is 0.247 e. The number of aliphatic hydroxyl groups excluding tert-OH is 2. The summed E-state index contributed by atoms with van der Waals surface area (Å²) in [5.74, 6) is -0.164. The van der Waals surface area contributed by atoms with Gasteiger partial charge in [0.15, 0.2) is 0 Å². The molecule has 5 N–H and O–H groups in total. The Balaban J connectivity index is -0.000000317. The largest absolute Gasteiger partial charge is 0.394 e. The first-order valence-electron chi connectivity index (χ1n) is 7.60. The smallest absolute Gasteiger partial charge is 0.247 e. The molecular formula is C16H31ClN2O6. The number of halogens is 1. The number of nitrogens with two attached hydrogens (primary N) is 1. The molecule has 148 valence electrons. The van der Waals surface area contributed by atoms with Gasteiger partial charge in [-0.15, -0.1) is 0 Å². The molecule has 0 spiro atoms. The molecular weight excluding hydrogens is 352 g/mol. The summed E-state index contributed by atoms with van der Waals surface area (Å²) < 4.78 is 9.68. The summed E-state index contributed by atoms with van der Waals surface area (Å²) in [5.41, 5.74) is 5.93. The lowest BCUT2D eigenvalue weighted by Crippen LogP contribution is -2.27. The molecule has 0 aliphatic carbocycles. The summed E-state index contributed by atoms with van der Waals surface area (Å²) in [5, 5.41) is 18.6. The second-order valence-electron chi connectivity index (χ2n) is 4.55. The zero-order chi connectivity index (χ0) is 20.1. The van der Waals surface area contributed by atoms with Crippen LogP contribution in [0.4, 0.5) is 0 Å². The third kappa shape index (κ3) is 31.1. The van der Waals surface area contributed by atoms with Crippen LogP contribution < -0.4 is 11.1 Å². The van der Waals surface area contributed by atoms with Crippen LogP contribution in [0.25, 0.3) is 0 Å². The van der Waals surface area contributed by atoms with Gasteiger partial charge in [0, 0.05) is 24.2 Å². The Morgan fingerprint density at radius 3 is 1.76 bits per heavy atom. The summed E-state index contributed by atoms with van der Waals surface area (Å²) in [4.78, 5) is 20.7. The average molecular weight is 383 g/mol. The molecule has 0 aliphatic rings. The summed E-state index contributed by atoms with van der Waals surface area (Å²) in [7, 11) is 0. The number of aliphatic hydroxyl groups is 2. The van der Waals surface area contributed by atoms with Gasteiger partial charge in [-0.1, -0.05) is 13.2 Å². The van der Waals surface area contributed by atoms with E-state index in [0.29, 0.717) is 50.7 Å². The van der Waals surface area contributed by atoms with Crippen molar-refractivity contribution in [2.75, 3.05) is 52.7 Å². The summed E-state index contributed by atoms with van der Waals surface area (Å²) >= 11 is 4.87. The van der Waals surface area contributed by atoms with E-state index >= 15 is 0 Å². The Hall–Kier alpha value is -1.29. The van der Waals surface area contributed by atoms with E-state index in [1.165, 1.54) is 0 Å². The SMILES string of the molecule is C=C(C)C(=O)Cl.C=C(C)C(=O)NCCOCCO.NCCOCCO. The molecule has 0 aliphatic heterocycles. The topological polar surface area (TPSA) is 131 Å². The van der Waals surface area contributed by atoms with E-state index in [1.54, 1.807) is 13.8 Å². The second kappa shape index (κ2) is 22.7. The van der Waals surface area contributed by atoms with Crippen LogP contribution >= 0.6 is 11.6 Å². The number of carbonyl (C=O) groups is 2. The Kier molecular flexibility index (Phi) is 25.9. The Labute approximate surface area is 154 Å². The van der Waals surface area contributed by atoms with E-state index in [4.69, 9.17) is 37.0 Å². The highest BCUT2D eigenvalue weighted by Gasteiger charge is 1.98. The molecule has 0 aromatic rings. The normalized spacial score (nSPS) is 9.04.